The summed E-state index contributed by atoms with van der Waals surface area (Å²) in [6.45, 7) is 6.12. The predicted octanol–water partition coefficient (Wildman–Crippen LogP) is 3.20. The van der Waals surface area contributed by atoms with E-state index in [1.165, 1.54) is 6.07 Å². The van der Waals surface area contributed by atoms with Gasteiger partial charge in [0.2, 0.25) is 0 Å². The van der Waals surface area contributed by atoms with Crippen LogP contribution in [0.25, 0.3) is 16.6 Å². The highest BCUT2D eigenvalue weighted by molar-refractivity contribution is 6.14. The average Bonchev–Trinajstić information content (AvgIpc) is 3.28. The fraction of sp³-hybridized carbons (Fsp3) is 0.273. The second-order valence-electron chi connectivity index (χ2n) is 7.88. The van der Waals surface area contributed by atoms with Crippen molar-refractivity contribution < 1.29 is 9.18 Å². The number of halogens is 1. The highest BCUT2D eigenvalue weighted by Crippen LogP contribution is 2.30. The summed E-state index contributed by atoms with van der Waals surface area (Å²) in [6.07, 6.45) is 5.28. The summed E-state index contributed by atoms with van der Waals surface area (Å²) in [5.41, 5.74) is 4.43. The molecule has 4 aromatic rings. The van der Waals surface area contributed by atoms with Gasteiger partial charge in [-0.2, -0.15) is 5.10 Å². The van der Waals surface area contributed by atoms with Crippen LogP contribution in [-0.4, -0.2) is 50.4 Å². The summed E-state index contributed by atoms with van der Waals surface area (Å²) in [7, 11) is 1.83. The minimum Gasteiger partial charge on any atom is -0.364 e. The van der Waals surface area contributed by atoms with Crippen LogP contribution in [-0.2, 0) is 7.05 Å². The number of fused-ring (bicyclic) bond motifs is 2. The van der Waals surface area contributed by atoms with Gasteiger partial charge in [0.1, 0.15) is 5.52 Å². The molecule has 0 fully saturated rings. The molecule has 0 atom stereocenters. The monoisotopic (exact) mass is 419 g/mol. The third kappa shape index (κ3) is 3.41. The summed E-state index contributed by atoms with van der Waals surface area (Å²) >= 11 is 0. The van der Waals surface area contributed by atoms with Gasteiger partial charge in [-0.15, -0.1) is 0 Å². The van der Waals surface area contributed by atoms with Crippen LogP contribution in [0.5, 0.6) is 0 Å². The van der Waals surface area contributed by atoms with Gasteiger partial charge in [0.15, 0.2) is 11.5 Å². The quantitative estimate of drug-likeness (QED) is 0.553. The van der Waals surface area contributed by atoms with E-state index in [2.05, 4.69) is 25.3 Å². The van der Waals surface area contributed by atoms with Crippen molar-refractivity contribution in [2.45, 2.75) is 13.8 Å². The number of hydrogen-bond acceptors (Lipinski definition) is 5. The van der Waals surface area contributed by atoms with Gasteiger partial charge in [-0.05, 0) is 26.0 Å². The second-order valence-corrected chi connectivity index (χ2v) is 7.88. The van der Waals surface area contributed by atoms with E-state index < -0.39 is 5.82 Å². The number of nitrogens with one attached hydrogen (secondary N) is 1. The molecule has 1 aromatic carbocycles. The van der Waals surface area contributed by atoms with Gasteiger partial charge in [0, 0.05) is 55.0 Å². The molecule has 1 amide bonds. The highest BCUT2D eigenvalue weighted by atomic mass is 19.1. The maximum absolute atomic E-state index is 14.4. The Labute approximate surface area is 178 Å². The van der Waals surface area contributed by atoms with E-state index in [0.717, 1.165) is 36.4 Å². The van der Waals surface area contributed by atoms with Crippen molar-refractivity contribution in [3.8, 4) is 0 Å². The molecular weight excluding hydrogens is 397 g/mol. The van der Waals surface area contributed by atoms with Crippen LogP contribution in [0.2, 0.25) is 0 Å². The first kappa shape index (κ1) is 19.2. The van der Waals surface area contributed by atoms with Gasteiger partial charge in [0.05, 0.1) is 30.0 Å². The lowest BCUT2D eigenvalue weighted by Gasteiger charge is -2.28. The minimum atomic E-state index is -0.494. The van der Waals surface area contributed by atoms with Crippen LogP contribution in [0.15, 0.2) is 41.8 Å². The van der Waals surface area contributed by atoms with Gasteiger partial charge < -0.3 is 14.6 Å². The molecule has 1 N–H and O–H groups in total. The molecular formula is C22H22FN7O. The van der Waals surface area contributed by atoms with Crippen molar-refractivity contribution in [3.05, 3.63) is 53.9 Å². The average molecular weight is 419 g/mol. The number of benzene rings is 1. The molecule has 0 saturated carbocycles. The molecule has 3 aromatic heterocycles. The molecule has 1 aliphatic rings. The van der Waals surface area contributed by atoms with Gasteiger partial charge in [0.25, 0.3) is 5.91 Å². The predicted molar refractivity (Wildman–Crippen MR) is 119 cm³/mol. The van der Waals surface area contributed by atoms with E-state index in [0.29, 0.717) is 22.5 Å². The molecule has 31 heavy (non-hydrogen) atoms. The molecule has 5 rings (SSSR count). The molecule has 0 bridgehead atoms. The summed E-state index contributed by atoms with van der Waals surface area (Å²) in [6, 6.07) is 5.00. The third-order valence-corrected chi connectivity index (χ3v) is 5.41. The largest absolute Gasteiger partial charge is 0.364 e. The third-order valence-electron chi connectivity index (χ3n) is 5.41. The molecule has 8 nitrogen and oxygen atoms in total. The van der Waals surface area contributed by atoms with Crippen molar-refractivity contribution in [1.82, 2.24) is 19.2 Å². The Kier molecular flexibility index (Phi) is 4.46. The first-order valence-electron chi connectivity index (χ1n) is 10.1. The summed E-state index contributed by atoms with van der Waals surface area (Å²) in [4.78, 5) is 23.9. The Morgan fingerprint density at radius 1 is 1.19 bits per heavy atom. The van der Waals surface area contributed by atoms with Crippen LogP contribution < -0.4 is 10.2 Å². The number of pyridine rings is 1. The van der Waals surface area contributed by atoms with Crippen molar-refractivity contribution >= 4 is 39.5 Å². The summed E-state index contributed by atoms with van der Waals surface area (Å²) < 4.78 is 17.7. The zero-order chi connectivity index (χ0) is 21.7. The van der Waals surface area contributed by atoms with Crippen molar-refractivity contribution in [1.29, 1.82) is 0 Å². The maximum Gasteiger partial charge on any atom is 0.257 e. The van der Waals surface area contributed by atoms with Gasteiger partial charge in [-0.3, -0.25) is 14.5 Å². The molecule has 0 radical (unpaired) electrons. The SMILES string of the molecule is CC1=NCCN(c2ccc(C(=O)Nc3cc(F)c4nc(C)cn4c3)c3nn(C)cc23)C1. The number of anilines is 2. The Morgan fingerprint density at radius 3 is 2.84 bits per heavy atom. The van der Waals surface area contributed by atoms with Crippen LogP contribution in [0, 0.1) is 12.7 Å². The zero-order valence-corrected chi connectivity index (χ0v) is 17.6. The van der Waals surface area contributed by atoms with Crippen LogP contribution in [0.1, 0.15) is 23.0 Å². The number of carbonyl (C=O) groups excluding carboxylic acids is 1. The number of carbonyl (C=O) groups is 1. The lowest BCUT2D eigenvalue weighted by molar-refractivity contribution is 0.102. The second kappa shape index (κ2) is 7.19. The smallest absolute Gasteiger partial charge is 0.257 e. The standard InChI is InChI=1S/C22H22FN7O/c1-13-9-29(7-6-24-13)19-5-4-16(20-17(19)12-28(3)27-20)22(31)26-15-8-18(23)21-25-14(2)10-30(21)11-15/h4-5,8,10-12H,6-7,9H2,1-3H3,(H,26,31). The number of aliphatic imine (C=N–C) groups is 1. The molecule has 4 heterocycles. The fourth-order valence-electron chi connectivity index (χ4n) is 4.08. The number of imidazole rings is 1. The van der Waals surface area contributed by atoms with Crippen molar-refractivity contribution in [2.24, 2.45) is 12.0 Å². The zero-order valence-electron chi connectivity index (χ0n) is 17.6. The van der Waals surface area contributed by atoms with Crippen molar-refractivity contribution in [2.75, 3.05) is 29.9 Å². The van der Waals surface area contributed by atoms with Gasteiger partial charge in [-0.25, -0.2) is 9.37 Å². The Bertz CT molecular complexity index is 1370. The molecule has 158 valence electrons. The van der Waals surface area contributed by atoms with E-state index in [9.17, 15) is 9.18 Å². The first-order chi connectivity index (χ1) is 14.9. The van der Waals surface area contributed by atoms with Crippen LogP contribution >= 0.6 is 0 Å². The molecule has 0 unspecified atom stereocenters. The first-order valence-corrected chi connectivity index (χ1v) is 10.1. The number of amides is 1. The normalized spacial score (nSPS) is 14.3. The molecule has 0 saturated heterocycles. The molecule has 0 spiro atoms. The van der Waals surface area contributed by atoms with E-state index >= 15 is 0 Å². The Morgan fingerprint density at radius 2 is 2.03 bits per heavy atom. The molecule has 9 heteroatoms. The number of nitrogens with zero attached hydrogens (tertiary/aromatic N) is 6. The Hall–Kier alpha value is -3.75. The lowest BCUT2D eigenvalue weighted by Crippen LogP contribution is -2.35. The van der Waals surface area contributed by atoms with Gasteiger partial charge >= 0.3 is 0 Å². The summed E-state index contributed by atoms with van der Waals surface area (Å²) in [5, 5.41) is 8.23. The maximum atomic E-state index is 14.4. The van der Waals surface area contributed by atoms with E-state index in [1.807, 2.05) is 26.2 Å². The minimum absolute atomic E-state index is 0.229. The number of hydrogen-bond donors (Lipinski definition) is 1. The van der Waals surface area contributed by atoms with E-state index in [4.69, 9.17) is 0 Å². The van der Waals surface area contributed by atoms with Crippen LogP contribution in [0.3, 0.4) is 0 Å². The van der Waals surface area contributed by atoms with Crippen LogP contribution in [0.4, 0.5) is 15.8 Å². The van der Waals surface area contributed by atoms with Crippen molar-refractivity contribution in [3.63, 3.8) is 0 Å². The Balaban J connectivity index is 1.51. The van der Waals surface area contributed by atoms with E-state index in [1.54, 1.807) is 34.5 Å². The molecule has 1 aliphatic heterocycles. The number of rotatable bonds is 3. The summed E-state index contributed by atoms with van der Waals surface area (Å²) in [5.74, 6) is -0.839. The highest BCUT2D eigenvalue weighted by Gasteiger charge is 2.21. The van der Waals surface area contributed by atoms with Gasteiger partial charge in [-0.1, -0.05) is 0 Å². The number of aryl methyl sites for hydroxylation is 2. The van der Waals surface area contributed by atoms with E-state index in [-0.39, 0.29) is 11.6 Å². The topological polar surface area (TPSA) is 79.8 Å². The molecule has 0 aliphatic carbocycles. The number of aromatic nitrogens is 4. The lowest BCUT2D eigenvalue weighted by atomic mass is 10.1. The fourth-order valence-corrected chi connectivity index (χ4v) is 4.08.